The van der Waals surface area contributed by atoms with Crippen LogP contribution in [0.3, 0.4) is 0 Å². The summed E-state index contributed by atoms with van der Waals surface area (Å²) in [7, 11) is 0. The number of nitrogens with two attached hydrogens (primary N) is 1. The van der Waals surface area contributed by atoms with Gasteiger partial charge >= 0.3 is 0 Å². The van der Waals surface area contributed by atoms with Crippen molar-refractivity contribution in [2.24, 2.45) is 5.73 Å². The molecule has 5 heteroatoms. The summed E-state index contributed by atoms with van der Waals surface area (Å²) < 4.78 is 0. The van der Waals surface area contributed by atoms with E-state index in [0.717, 1.165) is 47.6 Å². The van der Waals surface area contributed by atoms with E-state index < -0.39 is 5.54 Å². The van der Waals surface area contributed by atoms with Crippen LogP contribution in [0.25, 0.3) is 11.3 Å². The fourth-order valence-corrected chi connectivity index (χ4v) is 3.33. The predicted octanol–water partition coefficient (Wildman–Crippen LogP) is 3.33. The molecule has 110 valence electrons. The van der Waals surface area contributed by atoms with Crippen LogP contribution in [-0.2, 0) is 4.79 Å². The second-order valence-corrected chi connectivity index (χ2v) is 6.71. The van der Waals surface area contributed by atoms with E-state index in [9.17, 15) is 4.79 Å². The van der Waals surface area contributed by atoms with Crippen molar-refractivity contribution in [1.82, 2.24) is 4.98 Å². The Hall–Kier alpha value is -1.72. The number of carbonyl (C=O) groups is 1. The van der Waals surface area contributed by atoms with Gasteiger partial charge in [-0.05, 0) is 31.9 Å². The minimum atomic E-state index is -0.690. The monoisotopic (exact) mass is 301 g/mol. The van der Waals surface area contributed by atoms with Crippen LogP contribution in [0.5, 0.6) is 0 Å². The summed E-state index contributed by atoms with van der Waals surface area (Å²) in [5.74, 6) is -0.0720. The van der Waals surface area contributed by atoms with E-state index in [4.69, 9.17) is 5.73 Å². The number of nitrogens with zero attached hydrogens (tertiary/aromatic N) is 1. The standard InChI is InChI=1S/C16H19N3OS/c1-11-18-14(10-21-11)12-4-6-13(7-5-12)19-15(20)16(17)8-2-3-9-16/h4-7,10H,2-3,8-9,17H2,1H3,(H,19,20). The zero-order valence-electron chi connectivity index (χ0n) is 12.1. The fraction of sp³-hybridized carbons (Fsp3) is 0.375. The summed E-state index contributed by atoms with van der Waals surface area (Å²) in [4.78, 5) is 16.7. The fourth-order valence-electron chi connectivity index (χ4n) is 2.71. The first-order chi connectivity index (χ1) is 10.1. The molecular formula is C16H19N3OS. The van der Waals surface area contributed by atoms with Gasteiger partial charge in [-0.1, -0.05) is 25.0 Å². The molecule has 1 heterocycles. The number of aryl methyl sites for hydroxylation is 1. The van der Waals surface area contributed by atoms with Gasteiger partial charge < -0.3 is 11.1 Å². The summed E-state index contributed by atoms with van der Waals surface area (Å²) in [6.45, 7) is 1.99. The first-order valence-electron chi connectivity index (χ1n) is 7.20. The summed E-state index contributed by atoms with van der Waals surface area (Å²) in [6.07, 6.45) is 3.61. The third-order valence-electron chi connectivity index (χ3n) is 4.01. The molecule has 0 radical (unpaired) electrons. The second-order valence-electron chi connectivity index (χ2n) is 5.65. The van der Waals surface area contributed by atoms with Crippen molar-refractivity contribution < 1.29 is 4.79 Å². The van der Waals surface area contributed by atoms with Crippen molar-refractivity contribution in [3.63, 3.8) is 0 Å². The highest BCUT2D eigenvalue weighted by Crippen LogP contribution is 2.29. The number of amides is 1. The van der Waals surface area contributed by atoms with Crippen molar-refractivity contribution in [2.75, 3.05) is 5.32 Å². The lowest BCUT2D eigenvalue weighted by Gasteiger charge is -2.22. The van der Waals surface area contributed by atoms with Gasteiger partial charge in [-0.2, -0.15) is 0 Å². The SMILES string of the molecule is Cc1nc(-c2ccc(NC(=O)C3(N)CCCC3)cc2)cs1. The maximum absolute atomic E-state index is 12.2. The van der Waals surface area contributed by atoms with Crippen molar-refractivity contribution in [2.45, 2.75) is 38.1 Å². The Labute approximate surface area is 128 Å². The maximum atomic E-state index is 12.2. The number of hydrogen-bond donors (Lipinski definition) is 2. The van der Waals surface area contributed by atoms with E-state index in [-0.39, 0.29) is 5.91 Å². The van der Waals surface area contributed by atoms with Gasteiger partial charge in [0.15, 0.2) is 0 Å². The summed E-state index contributed by atoms with van der Waals surface area (Å²) in [5.41, 5.74) is 8.28. The average molecular weight is 301 g/mol. The molecule has 1 aromatic carbocycles. The highest BCUT2D eigenvalue weighted by Gasteiger charge is 2.36. The topological polar surface area (TPSA) is 68.0 Å². The summed E-state index contributed by atoms with van der Waals surface area (Å²) in [5, 5.41) is 6.01. The molecule has 1 saturated carbocycles. The lowest BCUT2D eigenvalue weighted by atomic mass is 9.98. The van der Waals surface area contributed by atoms with Crippen LogP contribution in [0.4, 0.5) is 5.69 Å². The highest BCUT2D eigenvalue weighted by molar-refractivity contribution is 7.09. The van der Waals surface area contributed by atoms with Gasteiger partial charge in [0.1, 0.15) is 0 Å². The van der Waals surface area contributed by atoms with Crippen LogP contribution in [0, 0.1) is 6.92 Å². The number of nitrogens with one attached hydrogen (secondary N) is 1. The quantitative estimate of drug-likeness (QED) is 0.913. The third-order valence-corrected chi connectivity index (χ3v) is 4.78. The van der Waals surface area contributed by atoms with E-state index in [2.05, 4.69) is 10.3 Å². The molecule has 0 unspecified atom stereocenters. The lowest BCUT2D eigenvalue weighted by molar-refractivity contribution is -0.121. The number of aromatic nitrogens is 1. The normalized spacial score (nSPS) is 16.9. The van der Waals surface area contributed by atoms with E-state index in [1.165, 1.54) is 0 Å². The van der Waals surface area contributed by atoms with Crippen LogP contribution in [0.2, 0.25) is 0 Å². The molecule has 3 rings (SSSR count). The van der Waals surface area contributed by atoms with Crippen LogP contribution in [-0.4, -0.2) is 16.4 Å². The minimum Gasteiger partial charge on any atom is -0.324 e. The van der Waals surface area contributed by atoms with Gasteiger partial charge in [-0.25, -0.2) is 4.98 Å². The largest absolute Gasteiger partial charge is 0.324 e. The molecular weight excluding hydrogens is 282 g/mol. The molecule has 4 nitrogen and oxygen atoms in total. The predicted molar refractivity (Wildman–Crippen MR) is 86.3 cm³/mol. The van der Waals surface area contributed by atoms with Crippen LogP contribution >= 0.6 is 11.3 Å². The smallest absolute Gasteiger partial charge is 0.244 e. The molecule has 1 aromatic heterocycles. The van der Waals surface area contributed by atoms with Crippen LogP contribution in [0.15, 0.2) is 29.6 Å². The van der Waals surface area contributed by atoms with Crippen molar-refractivity contribution in [3.8, 4) is 11.3 Å². The lowest BCUT2D eigenvalue weighted by Crippen LogP contribution is -2.48. The van der Waals surface area contributed by atoms with Gasteiger partial charge in [-0.3, -0.25) is 4.79 Å². The van der Waals surface area contributed by atoms with Gasteiger partial charge in [0, 0.05) is 16.6 Å². The Balaban J connectivity index is 1.71. The Morgan fingerprint density at radius 2 is 1.95 bits per heavy atom. The average Bonchev–Trinajstić information content (AvgIpc) is 3.09. The first-order valence-corrected chi connectivity index (χ1v) is 8.08. The Kier molecular flexibility index (Phi) is 3.78. The van der Waals surface area contributed by atoms with Crippen molar-refractivity contribution >= 4 is 22.9 Å². The van der Waals surface area contributed by atoms with E-state index in [1.807, 2.05) is 36.6 Å². The Morgan fingerprint density at radius 3 is 2.52 bits per heavy atom. The van der Waals surface area contributed by atoms with Gasteiger partial charge in [0.25, 0.3) is 0 Å². The minimum absolute atomic E-state index is 0.0720. The second kappa shape index (κ2) is 5.58. The maximum Gasteiger partial charge on any atom is 0.244 e. The number of thiazole rings is 1. The van der Waals surface area contributed by atoms with Crippen LogP contribution in [0.1, 0.15) is 30.7 Å². The van der Waals surface area contributed by atoms with E-state index in [1.54, 1.807) is 11.3 Å². The molecule has 0 spiro atoms. The zero-order valence-corrected chi connectivity index (χ0v) is 12.9. The van der Waals surface area contributed by atoms with E-state index in [0.29, 0.717) is 0 Å². The molecule has 0 saturated heterocycles. The molecule has 3 N–H and O–H groups in total. The molecule has 21 heavy (non-hydrogen) atoms. The Morgan fingerprint density at radius 1 is 1.29 bits per heavy atom. The van der Waals surface area contributed by atoms with Crippen molar-refractivity contribution in [3.05, 3.63) is 34.7 Å². The summed E-state index contributed by atoms with van der Waals surface area (Å²) >= 11 is 1.63. The molecule has 0 atom stereocenters. The first kappa shape index (κ1) is 14.2. The number of benzene rings is 1. The highest BCUT2D eigenvalue weighted by atomic mass is 32.1. The molecule has 0 bridgehead atoms. The molecule has 1 fully saturated rings. The number of anilines is 1. The van der Waals surface area contributed by atoms with Gasteiger partial charge in [0.05, 0.1) is 16.2 Å². The Bertz CT molecular complexity index is 642. The van der Waals surface area contributed by atoms with Crippen molar-refractivity contribution in [1.29, 1.82) is 0 Å². The van der Waals surface area contributed by atoms with E-state index >= 15 is 0 Å². The molecule has 1 amide bonds. The molecule has 1 aliphatic carbocycles. The van der Waals surface area contributed by atoms with Gasteiger partial charge in [0.2, 0.25) is 5.91 Å². The molecule has 1 aliphatic rings. The number of carbonyl (C=O) groups excluding carboxylic acids is 1. The molecule has 2 aromatic rings. The zero-order chi connectivity index (χ0) is 14.9. The number of rotatable bonds is 3. The number of hydrogen-bond acceptors (Lipinski definition) is 4. The third kappa shape index (κ3) is 2.99. The van der Waals surface area contributed by atoms with Gasteiger partial charge in [-0.15, -0.1) is 11.3 Å². The van der Waals surface area contributed by atoms with Crippen LogP contribution < -0.4 is 11.1 Å². The molecule has 0 aliphatic heterocycles. The summed E-state index contributed by atoms with van der Waals surface area (Å²) in [6, 6.07) is 7.75.